The number of pyridine rings is 1. The zero-order chi connectivity index (χ0) is 14.2. The summed E-state index contributed by atoms with van der Waals surface area (Å²) in [7, 11) is 0. The molecule has 2 rings (SSSR count). The van der Waals surface area contributed by atoms with Crippen molar-refractivity contribution >= 4 is 0 Å². The van der Waals surface area contributed by atoms with Crippen LogP contribution in [0.3, 0.4) is 0 Å². The van der Waals surface area contributed by atoms with E-state index < -0.39 is 0 Å². The molecule has 4 nitrogen and oxygen atoms in total. The summed E-state index contributed by atoms with van der Waals surface area (Å²) in [4.78, 5) is 6.86. The van der Waals surface area contributed by atoms with Crippen LogP contribution in [0.4, 0.5) is 0 Å². The van der Waals surface area contributed by atoms with E-state index in [1.54, 1.807) is 0 Å². The molecule has 112 valence electrons. The van der Waals surface area contributed by atoms with Gasteiger partial charge in [-0.3, -0.25) is 9.88 Å². The lowest BCUT2D eigenvalue weighted by Gasteiger charge is -2.26. The number of rotatable bonds is 7. The smallest absolute Gasteiger partial charge is 0.127 e. The van der Waals surface area contributed by atoms with Crippen molar-refractivity contribution in [3.05, 3.63) is 23.5 Å². The van der Waals surface area contributed by atoms with Gasteiger partial charge in [-0.2, -0.15) is 0 Å². The Morgan fingerprint density at radius 2 is 2.10 bits per heavy atom. The maximum absolute atomic E-state index is 6.00. The molecule has 1 N–H and O–H groups in total. The summed E-state index contributed by atoms with van der Waals surface area (Å²) in [5, 5.41) is 3.33. The molecule has 0 spiro atoms. The lowest BCUT2D eigenvalue weighted by molar-refractivity contribution is 0.182. The highest BCUT2D eigenvalue weighted by Gasteiger charge is 2.10. The van der Waals surface area contributed by atoms with Crippen LogP contribution in [0.15, 0.2) is 12.3 Å². The Morgan fingerprint density at radius 3 is 2.85 bits per heavy atom. The monoisotopic (exact) mass is 277 g/mol. The quantitative estimate of drug-likeness (QED) is 0.830. The molecule has 0 radical (unpaired) electrons. The van der Waals surface area contributed by atoms with Crippen LogP contribution in [0, 0.1) is 6.92 Å². The van der Waals surface area contributed by atoms with Crippen LogP contribution in [0.25, 0.3) is 0 Å². The van der Waals surface area contributed by atoms with Crippen molar-refractivity contribution < 1.29 is 4.74 Å². The van der Waals surface area contributed by atoms with Gasteiger partial charge >= 0.3 is 0 Å². The molecule has 0 unspecified atom stereocenters. The number of aryl methyl sites for hydroxylation is 1. The zero-order valence-electron chi connectivity index (χ0n) is 12.8. The highest BCUT2D eigenvalue weighted by Crippen LogP contribution is 2.18. The third-order valence-electron chi connectivity index (χ3n) is 3.76. The molecule has 0 amide bonds. The van der Waals surface area contributed by atoms with Crippen LogP contribution in [-0.4, -0.2) is 42.7 Å². The SMILES string of the molecule is CCNCc1cnc(C)cc1OCCN1CCCCC1. The summed E-state index contributed by atoms with van der Waals surface area (Å²) in [6.45, 7) is 10.1. The third-order valence-corrected chi connectivity index (χ3v) is 3.76. The van der Waals surface area contributed by atoms with Crippen LogP contribution >= 0.6 is 0 Å². The van der Waals surface area contributed by atoms with E-state index in [1.807, 2.05) is 19.2 Å². The minimum absolute atomic E-state index is 0.766. The number of hydrogen-bond donors (Lipinski definition) is 1. The summed E-state index contributed by atoms with van der Waals surface area (Å²) in [6.07, 6.45) is 5.97. The first kappa shape index (κ1) is 15.3. The van der Waals surface area contributed by atoms with E-state index in [0.717, 1.165) is 43.2 Å². The highest BCUT2D eigenvalue weighted by molar-refractivity contribution is 5.32. The van der Waals surface area contributed by atoms with Crippen LogP contribution in [-0.2, 0) is 6.54 Å². The fourth-order valence-corrected chi connectivity index (χ4v) is 2.56. The van der Waals surface area contributed by atoms with Gasteiger partial charge in [-0.15, -0.1) is 0 Å². The lowest BCUT2D eigenvalue weighted by atomic mass is 10.1. The van der Waals surface area contributed by atoms with Gasteiger partial charge in [0.2, 0.25) is 0 Å². The fraction of sp³-hybridized carbons (Fsp3) is 0.688. The van der Waals surface area contributed by atoms with E-state index in [1.165, 1.54) is 32.4 Å². The highest BCUT2D eigenvalue weighted by atomic mass is 16.5. The average molecular weight is 277 g/mol. The minimum Gasteiger partial charge on any atom is -0.492 e. The molecule has 2 heterocycles. The third kappa shape index (κ3) is 4.76. The first-order chi connectivity index (χ1) is 9.79. The van der Waals surface area contributed by atoms with Crippen molar-refractivity contribution in [3.63, 3.8) is 0 Å². The summed E-state index contributed by atoms with van der Waals surface area (Å²) in [5.41, 5.74) is 2.16. The minimum atomic E-state index is 0.766. The standard InChI is InChI=1S/C16H27N3O/c1-3-17-12-15-13-18-14(2)11-16(15)20-10-9-19-7-5-4-6-8-19/h11,13,17H,3-10,12H2,1-2H3. The average Bonchev–Trinajstić information content (AvgIpc) is 2.47. The fourth-order valence-electron chi connectivity index (χ4n) is 2.56. The van der Waals surface area contributed by atoms with Crippen LogP contribution < -0.4 is 10.1 Å². The number of nitrogens with zero attached hydrogens (tertiary/aromatic N) is 2. The summed E-state index contributed by atoms with van der Waals surface area (Å²) >= 11 is 0. The first-order valence-electron chi connectivity index (χ1n) is 7.81. The molecule has 1 aromatic rings. The summed E-state index contributed by atoms with van der Waals surface area (Å²) in [5.74, 6) is 0.982. The number of piperidine rings is 1. The Kier molecular flexibility index (Phi) is 6.27. The van der Waals surface area contributed by atoms with Gasteiger partial charge in [0.15, 0.2) is 0 Å². The topological polar surface area (TPSA) is 37.4 Å². The van der Waals surface area contributed by atoms with Gasteiger partial charge < -0.3 is 10.1 Å². The van der Waals surface area contributed by atoms with Crippen LogP contribution in [0.5, 0.6) is 5.75 Å². The maximum atomic E-state index is 6.00. The van der Waals surface area contributed by atoms with Crippen molar-refractivity contribution in [2.24, 2.45) is 0 Å². The molecule has 1 aliphatic heterocycles. The van der Waals surface area contributed by atoms with Crippen molar-refractivity contribution in [2.75, 3.05) is 32.8 Å². The van der Waals surface area contributed by atoms with Crippen LogP contribution in [0.1, 0.15) is 37.4 Å². The predicted molar refractivity (Wildman–Crippen MR) is 82.1 cm³/mol. The van der Waals surface area contributed by atoms with E-state index in [9.17, 15) is 0 Å². The van der Waals surface area contributed by atoms with Gasteiger partial charge in [0.1, 0.15) is 12.4 Å². The number of nitrogens with one attached hydrogen (secondary N) is 1. The summed E-state index contributed by atoms with van der Waals surface area (Å²) in [6, 6.07) is 2.04. The van der Waals surface area contributed by atoms with Gasteiger partial charge in [-0.1, -0.05) is 13.3 Å². The van der Waals surface area contributed by atoms with Crippen molar-refractivity contribution in [3.8, 4) is 5.75 Å². The predicted octanol–water partition coefficient (Wildman–Crippen LogP) is 2.36. The summed E-state index contributed by atoms with van der Waals surface area (Å²) < 4.78 is 6.00. The number of aromatic nitrogens is 1. The van der Waals surface area contributed by atoms with Gasteiger partial charge in [0.25, 0.3) is 0 Å². The van der Waals surface area contributed by atoms with E-state index in [-0.39, 0.29) is 0 Å². The molecule has 0 aromatic carbocycles. The Bertz CT molecular complexity index is 403. The van der Waals surface area contributed by atoms with Crippen LogP contribution in [0.2, 0.25) is 0 Å². The van der Waals surface area contributed by atoms with E-state index in [4.69, 9.17) is 4.74 Å². The number of likely N-dealkylation sites (tertiary alicyclic amines) is 1. The van der Waals surface area contributed by atoms with Gasteiger partial charge in [-0.25, -0.2) is 0 Å². The zero-order valence-corrected chi connectivity index (χ0v) is 12.8. The Labute approximate surface area is 122 Å². The lowest BCUT2D eigenvalue weighted by Crippen LogP contribution is -2.33. The van der Waals surface area contributed by atoms with E-state index in [0.29, 0.717) is 0 Å². The number of ether oxygens (including phenoxy) is 1. The Hall–Kier alpha value is -1.13. The Balaban J connectivity index is 1.85. The molecule has 0 aliphatic carbocycles. The first-order valence-corrected chi connectivity index (χ1v) is 7.81. The molecule has 1 aromatic heterocycles. The molecule has 20 heavy (non-hydrogen) atoms. The molecular formula is C16H27N3O. The second kappa shape index (κ2) is 8.22. The second-order valence-electron chi connectivity index (χ2n) is 5.46. The molecule has 4 heteroatoms. The largest absolute Gasteiger partial charge is 0.492 e. The molecule has 0 atom stereocenters. The van der Waals surface area contributed by atoms with E-state index in [2.05, 4.69) is 22.1 Å². The van der Waals surface area contributed by atoms with Gasteiger partial charge in [0, 0.05) is 36.6 Å². The molecule has 1 fully saturated rings. The normalized spacial score (nSPS) is 16.3. The Morgan fingerprint density at radius 1 is 1.30 bits per heavy atom. The molecular weight excluding hydrogens is 250 g/mol. The van der Waals surface area contributed by atoms with Crippen molar-refractivity contribution in [1.82, 2.24) is 15.2 Å². The molecule has 1 aliphatic rings. The van der Waals surface area contributed by atoms with E-state index >= 15 is 0 Å². The van der Waals surface area contributed by atoms with Gasteiger partial charge in [0.05, 0.1) is 0 Å². The maximum Gasteiger partial charge on any atom is 0.127 e. The molecule has 0 saturated carbocycles. The van der Waals surface area contributed by atoms with Crippen molar-refractivity contribution in [2.45, 2.75) is 39.7 Å². The second-order valence-corrected chi connectivity index (χ2v) is 5.46. The molecule has 1 saturated heterocycles. The number of hydrogen-bond acceptors (Lipinski definition) is 4. The molecule has 0 bridgehead atoms. The van der Waals surface area contributed by atoms with Gasteiger partial charge in [-0.05, 0) is 39.4 Å². The van der Waals surface area contributed by atoms with Crippen molar-refractivity contribution in [1.29, 1.82) is 0 Å².